The van der Waals surface area contributed by atoms with Crippen molar-refractivity contribution < 1.29 is 24.2 Å². The van der Waals surface area contributed by atoms with E-state index in [1.54, 1.807) is 9.58 Å². The number of aromatic nitrogens is 2. The molecule has 2 saturated heterocycles. The molecule has 198 valence electrons. The number of benzene rings is 2. The number of amides is 1. The van der Waals surface area contributed by atoms with Crippen molar-refractivity contribution in [3.8, 4) is 11.4 Å². The van der Waals surface area contributed by atoms with E-state index in [0.29, 0.717) is 49.9 Å². The summed E-state index contributed by atoms with van der Waals surface area (Å²) in [5.74, 6) is -0.848. The van der Waals surface area contributed by atoms with E-state index in [1.165, 1.54) is 6.20 Å². The highest BCUT2D eigenvalue weighted by Crippen LogP contribution is 2.40. The van der Waals surface area contributed by atoms with Crippen molar-refractivity contribution in [1.29, 1.82) is 0 Å². The van der Waals surface area contributed by atoms with Crippen LogP contribution in [0.1, 0.15) is 29.8 Å². The van der Waals surface area contributed by atoms with E-state index < -0.39 is 17.7 Å². The highest BCUT2D eigenvalue weighted by atomic mass is 16.5. The summed E-state index contributed by atoms with van der Waals surface area (Å²) in [5, 5.41) is 16.0. The normalized spacial score (nSPS) is 19.7. The number of para-hydroxylation sites is 1. The van der Waals surface area contributed by atoms with Gasteiger partial charge in [0, 0.05) is 26.2 Å². The number of hydrogen-bond donors (Lipinski definition) is 1. The second-order valence-corrected chi connectivity index (χ2v) is 9.34. The van der Waals surface area contributed by atoms with Gasteiger partial charge in [-0.15, -0.1) is 0 Å². The van der Waals surface area contributed by atoms with Crippen LogP contribution in [-0.4, -0.2) is 82.4 Å². The number of nitrogens with zero attached hydrogens (tertiary/aromatic N) is 4. The van der Waals surface area contributed by atoms with Crippen LogP contribution >= 0.6 is 0 Å². The molecule has 2 aliphatic rings. The Morgan fingerprint density at radius 2 is 1.76 bits per heavy atom. The topological polar surface area (TPSA) is 97.1 Å². The number of carbonyl (C=O) groups excluding carboxylic acids is 2. The summed E-state index contributed by atoms with van der Waals surface area (Å²) in [6, 6.07) is 16.1. The molecule has 5 rings (SSSR count). The molecule has 2 aromatic carbocycles. The number of aliphatic hydroxyl groups excluding tert-OH is 1. The molecular weight excluding hydrogens is 484 g/mol. The van der Waals surface area contributed by atoms with Crippen LogP contribution in [0.2, 0.25) is 0 Å². The molecular formula is C29H32N4O5. The first-order valence-corrected chi connectivity index (χ1v) is 12.9. The summed E-state index contributed by atoms with van der Waals surface area (Å²) in [5.41, 5.74) is 2.70. The lowest BCUT2D eigenvalue weighted by Gasteiger charge is -2.31. The molecule has 0 radical (unpaired) electrons. The summed E-state index contributed by atoms with van der Waals surface area (Å²) in [6.07, 6.45) is 1.54. The van der Waals surface area contributed by atoms with Crippen molar-refractivity contribution in [1.82, 2.24) is 19.6 Å². The van der Waals surface area contributed by atoms with Gasteiger partial charge in [-0.3, -0.25) is 14.5 Å². The number of rotatable bonds is 8. The van der Waals surface area contributed by atoms with E-state index >= 15 is 0 Å². The maximum absolute atomic E-state index is 13.4. The number of ether oxygens (including phenoxy) is 2. The van der Waals surface area contributed by atoms with Crippen LogP contribution in [-0.2, 0) is 14.3 Å². The quantitative estimate of drug-likeness (QED) is 0.279. The van der Waals surface area contributed by atoms with Gasteiger partial charge in [-0.05, 0) is 43.7 Å². The zero-order valence-electron chi connectivity index (χ0n) is 21.7. The monoisotopic (exact) mass is 516 g/mol. The molecule has 0 bridgehead atoms. The molecule has 0 unspecified atom stereocenters. The molecule has 9 nitrogen and oxygen atoms in total. The zero-order chi connectivity index (χ0) is 26.6. The van der Waals surface area contributed by atoms with Crippen LogP contribution in [0, 0.1) is 6.92 Å². The van der Waals surface area contributed by atoms with Crippen molar-refractivity contribution in [3.63, 3.8) is 0 Å². The van der Waals surface area contributed by atoms with Crippen LogP contribution in [0.4, 0.5) is 0 Å². The molecule has 2 aliphatic heterocycles. The van der Waals surface area contributed by atoms with E-state index in [4.69, 9.17) is 9.47 Å². The molecule has 0 spiro atoms. The van der Waals surface area contributed by atoms with Crippen molar-refractivity contribution in [2.24, 2.45) is 0 Å². The Hall–Kier alpha value is -3.95. The minimum Gasteiger partial charge on any atom is -0.507 e. The Bertz CT molecular complexity index is 1330. The van der Waals surface area contributed by atoms with Gasteiger partial charge in [0.15, 0.2) is 0 Å². The van der Waals surface area contributed by atoms with Crippen molar-refractivity contribution in [2.75, 3.05) is 46.0 Å². The average Bonchev–Trinajstić information content (AvgIpc) is 3.45. The number of Topliss-reactive ketones (excluding diaryl/α,β-unsaturated/α-hetero) is 1. The van der Waals surface area contributed by atoms with Gasteiger partial charge in [-0.1, -0.05) is 30.3 Å². The first-order valence-electron chi connectivity index (χ1n) is 12.9. The first kappa shape index (κ1) is 25.7. The predicted octanol–water partition coefficient (Wildman–Crippen LogP) is 3.33. The first-order chi connectivity index (χ1) is 18.5. The summed E-state index contributed by atoms with van der Waals surface area (Å²) in [7, 11) is 0. The van der Waals surface area contributed by atoms with Crippen LogP contribution in [0.5, 0.6) is 5.75 Å². The Labute approximate surface area is 221 Å². The molecule has 1 amide bonds. The number of carbonyl (C=O) groups is 2. The van der Waals surface area contributed by atoms with Gasteiger partial charge in [-0.25, -0.2) is 4.68 Å². The molecule has 3 heterocycles. The number of ketones is 1. The lowest BCUT2D eigenvalue weighted by Crippen LogP contribution is -2.42. The number of hydrogen-bond acceptors (Lipinski definition) is 7. The van der Waals surface area contributed by atoms with Crippen molar-refractivity contribution >= 4 is 17.4 Å². The molecule has 38 heavy (non-hydrogen) atoms. The summed E-state index contributed by atoms with van der Waals surface area (Å²) in [4.78, 5) is 30.5. The molecule has 1 aromatic heterocycles. The fraction of sp³-hybridized carbons (Fsp3) is 0.345. The standard InChI is InChI=1S/C29H32N4O5/c1-3-38-23-11-9-21(10-12-23)26-25(28(35)29(36)32(26)14-13-31-15-17-37-18-16-31)27(34)24-19-30-33(20(24)2)22-7-5-4-6-8-22/h4-12,19,26,34H,3,13-18H2,1-2H3/t26-/m1/s1. The van der Waals surface area contributed by atoms with E-state index in [1.807, 2.05) is 68.4 Å². The Morgan fingerprint density at radius 3 is 2.45 bits per heavy atom. The molecule has 9 heteroatoms. The van der Waals surface area contributed by atoms with Gasteiger partial charge in [0.1, 0.15) is 11.5 Å². The Kier molecular flexibility index (Phi) is 7.57. The predicted molar refractivity (Wildman–Crippen MR) is 142 cm³/mol. The van der Waals surface area contributed by atoms with Gasteiger partial charge < -0.3 is 19.5 Å². The van der Waals surface area contributed by atoms with E-state index in [2.05, 4.69) is 10.00 Å². The van der Waals surface area contributed by atoms with Crippen molar-refractivity contribution in [2.45, 2.75) is 19.9 Å². The fourth-order valence-electron chi connectivity index (χ4n) is 5.06. The van der Waals surface area contributed by atoms with Crippen LogP contribution in [0.25, 0.3) is 11.4 Å². The third-order valence-electron chi connectivity index (χ3n) is 7.07. The van der Waals surface area contributed by atoms with Crippen LogP contribution in [0.15, 0.2) is 66.4 Å². The van der Waals surface area contributed by atoms with E-state index in [-0.39, 0.29) is 11.3 Å². The van der Waals surface area contributed by atoms with E-state index in [0.717, 1.165) is 24.3 Å². The average molecular weight is 517 g/mol. The second kappa shape index (κ2) is 11.2. The largest absolute Gasteiger partial charge is 0.507 e. The lowest BCUT2D eigenvalue weighted by atomic mass is 9.95. The highest BCUT2D eigenvalue weighted by molar-refractivity contribution is 6.46. The number of likely N-dealkylation sites (tertiary alicyclic amines) is 1. The molecule has 0 saturated carbocycles. The second-order valence-electron chi connectivity index (χ2n) is 9.34. The molecule has 1 N–H and O–H groups in total. The molecule has 1 atom stereocenters. The number of aliphatic hydroxyl groups is 1. The molecule has 0 aliphatic carbocycles. The third-order valence-corrected chi connectivity index (χ3v) is 7.07. The lowest BCUT2D eigenvalue weighted by molar-refractivity contribution is -0.140. The van der Waals surface area contributed by atoms with Crippen LogP contribution in [0.3, 0.4) is 0 Å². The van der Waals surface area contributed by atoms with Crippen LogP contribution < -0.4 is 4.74 Å². The van der Waals surface area contributed by atoms with E-state index in [9.17, 15) is 14.7 Å². The minimum absolute atomic E-state index is 0.0665. The Balaban J connectivity index is 1.54. The minimum atomic E-state index is -0.730. The third kappa shape index (κ3) is 4.94. The maximum atomic E-state index is 13.4. The molecule has 3 aromatic rings. The number of morpholine rings is 1. The fourth-order valence-corrected chi connectivity index (χ4v) is 5.06. The summed E-state index contributed by atoms with van der Waals surface area (Å²) >= 11 is 0. The van der Waals surface area contributed by atoms with Gasteiger partial charge in [0.05, 0.1) is 54.6 Å². The zero-order valence-corrected chi connectivity index (χ0v) is 21.7. The van der Waals surface area contributed by atoms with Gasteiger partial charge in [-0.2, -0.15) is 5.10 Å². The van der Waals surface area contributed by atoms with Crippen molar-refractivity contribution in [3.05, 3.63) is 83.2 Å². The highest BCUT2D eigenvalue weighted by Gasteiger charge is 2.46. The van der Waals surface area contributed by atoms with Gasteiger partial charge >= 0.3 is 0 Å². The van der Waals surface area contributed by atoms with Gasteiger partial charge in [0.2, 0.25) is 0 Å². The summed E-state index contributed by atoms with van der Waals surface area (Å²) in [6.45, 7) is 8.06. The smallest absolute Gasteiger partial charge is 0.295 e. The molecule has 2 fully saturated rings. The SMILES string of the molecule is CCOc1ccc([C@@H]2C(=C(O)c3cnn(-c4ccccc4)c3C)C(=O)C(=O)N2CCN2CCOCC2)cc1. The maximum Gasteiger partial charge on any atom is 0.295 e. The summed E-state index contributed by atoms with van der Waals surface area (Å²) < 4.78 is 12.7. The van der Waals surface area contributed by atoms with Gasteiger partial charge in [0.25, 0.3) is 11.7 Å². The Morgan fingerprint density at radius 1 is 1.05 bits per heavy atom.